The molecule has 114 valence electrons. The first-order valence-electron chi connectivity index (χ1n) is 7.28. The summed E-state index contributed by atoms with van der Waals surface area (Å²) < 4.78 is 13.2. The van der Waals surface area contributed by atoms with Gasteiger partial charge in [-0.15, -0.1) is 0 Å². The van der Waals surface area contributed by atoms with Crippen molar-refractivity contribution in [2.45, 2.75) is 39.7 Å². The van der Waals surface area contributed by atoms with Crippen LogP contribution in [0.5, 0.6) is 0 Å². The first-order chi connectivity index (χ1) is 9.52. The molecule has 0 aliphatic heterocycles. The molecule has 1 rings (SSSR count). The van der Waals surface area contributed by atoms with Crippen LogP contribution in [0, 0.1) is 11.7 Å². The van der Waals surface area contributed by atoms with Crippen molar-refractivity contribution < 1.29 is 4.39 Å². The molecule has 0 aliphatic carbocycles. The molecule has 0 aromatic heterocycles. The van der Waals surface area contributed by atoms with Gasteiger partial charge in [-0.2, -0.15) is 11.8 Å². The Hall–Kier alpha value is -0.250. The Morgan fingerprint density at radius 2 is 2.05 bits per heavy atom. The average Bonchev–Trinajstić information content (AvgIpc) is 2.39. The second-order valence-corrected chi connectivity index (χ2v) is 7.02. The Labute approximate surface area is 131 Å². The maximum atomic E-state index is 13.2. The van der Waals surface area contributed by atoms with Gasteiger partial charge in [0.05, 0.1) is 5.02 Å². The minimum absolute atomic E-state index is 0.214. The number of nitrogens with one attached hydrogen (secondary N) is 1. The smallest absolute Gasteiger partial charge is 0.141 e. The van der Waals surface area contributed by atoms with E-state index in [1.807, 2.05) is 17.8 Å². The summed E-state index contributed by atoms with van der Waals surface area (Å²) in [4.78, 5) is 0. The van der Waals surface area contributed by atoms with Gasteiger partial charge in [-0.05, 0) is 48.8 Å². The summed E-state index contributed by atoms with van der Waals surface area (Å²) in [5.41, 5.74) is 1.09. The lowest BCUT2D eigenvalue weighted by atomic mass is 10.1. The van der Waals surface area contributed by atoms with E-state index in [1.54, 1.807) is 6.07 Å². The fraction of sp³-hybridized carbons (Fsp3) is 0.625. The van der Waals surface area contributed by atoms with Crippen LogP contribution < -0.4 is 5.32 Å². The van der Waals surface area contributed by atoms with Crippen molar-refractivity contribution in [2.24, 2.45) is 5.92 Å². The molecule has 0 radical (unpaired) electrons. The van der Waals surface area contributed by atoms with Gasteiger partial charge >= 0.3 is 0 Å². The largest absolute Gasteiger partial charge is 0.313 e. The fourth-order valence-corrected chi connectivity index (χ4v) is 3.27. The Bertz CT molecular complexity index is 398. The number of halogens is 2. The maximum Gasteiger partial charge on any atom is 0.141 e. The van der Waals surface area contributed by atoms with Crippen LogP contribution in [-0.2, 0) is 6.42 Å². The Kier molecular flexibility index (Phi) is 8.58. The lowest BCUT2D eigenvalue weighted by Gasteiger charge is -2.19. The van der Waals surface area contributed by atoms with Crippen molar-refractivity contribution in [3.63, 3.8) is 0 Å². The first kappa shape index (κ1) is 17.8. The van der Waals surface area contributed by atoms with E-state index in [-0.39, 0.29) is 10.8 Å². The molecule has 1 nitrogen and oxygen atoms in total. The van der Waals surface area contributed by atoms with Gasteiger partial charge in [-0.1, -0.05) is 38.4 Å². The summed E-state index contributed by atoms with van der Waals surface area (Å²) >= 11 is 7.82. The summed E-state index contributed by atoms with van der Waals surface area (Å²) in [7, 11) is 0. The topological polar surface area (TPSA) is 12.0 Å². The molecule has 0 amide bonds. The van der Waals surface area contributed by atoms with Crippen molar-refractivity contribution in [3.05, 3.63) is 34.6 Å². The molecule has 1 aromatic carbocycles. The fourth-order valence-electron chi connectivity index (χ4n) is 1.94. The van der Waals surface area contributed by atoms with Crippen LogP contribution in [0.4, 0.5) is 4.39 Å². The number of rotatable bonds is 9. The molecule has 4 heteroatoms. The van der Waals surface area contributed by atoms with Crippen LogP contribution in [-0.4, -0.2) is 24.1 Å². The van der Waals surface area contributed by atoms with Crippen LogP contribution >= 0.6 is 23.4 Å². The second-order valence-electron chi connectivity index (χ2n) is 5.53. The lowest BCUT2D eigenvalue weighted by Crippen LogP contribution is -2.34. The van der Waals surface area contributed by atoms with Crippen molar-refractivity contribution in [2.75, 3.05) is 18.1 Å². The quantitative estimate of drug-likeness (QED) is 0.703. The molecule has 0 fully saturated rings. The zero-order valence-electron chi connectivity index (χ0n) is 12.6. The van der Waals surface area contributed by atoms with E-state index in [0.717, 1.165) is 30.7 Å². The normalized spacial score (nSPS) is 12.9. The highest BCUT2D eigenvalue weighted by molar-refractivity contribution is 7.99. The van der Waals surface area contributed by atoms with E-state index in [4.69, 9.17) is 11.6 Å². The number of hydrogen-bond acceptors (Lipinski definition) is 2. The van der Waals surface area contributed by atoms with Crippen LogP contribution in [0.3, 0.4) is 0 Å². The summed E-state index contributed by atoms with van der Waals surface area (Å²) in [5, 5.41) is 3.78. The molecule has 1 atom stereocenters. The van der Waals surface area contributed by atoms with Crippen molar-refractivity contribution >= 4 is 23.4 Å². The zero-order valence-corrected chi connectivity index (χ0v) is 14.2. The molecule has 0 saturated carbocycles. The van der Waals surface area contributed by atoms with E-state index >= 15 is 0 Å². The van der Waals surface area contributed by atoms with Gasteiger partial charge in [-0.3, -0.25) is 0 Å². The van der Waals surface area contributed by atoms with Crippen molar-refractivity contribution in [1.29, 1.82) is 0 Å². The third kappa shape index (κ3) is 6.96. The lowest BCUT2D eigenvalue weighted by molar-refractivity contribution is 0.548. The minimum atomic E-state index is -0.345. The molecule has 1 unspecified atom stereocenters. The van der Waals surface area contributed by atoms with E-state index in [0.29, 0.717) is 12.0 Å². The number of thioether (sulfide) groups is 1. The summed E-state index contributed by atoms with van der Waals surface area (Å²) in [6.45, 7) is 7.66. The molecule has 0 spiro atoms. The predicted molar refractivity (Wildman–Crippen MR) is 89.4 cm³/mol. The third-order valence-corrected chi connectivity index (χ3v) is 4.75. The van der Waals surface area contributed by atoms with Gasteiger partial charge in [0.2, 0.25) is 0 Å². The van der Waals surface area contributed by atoms with Gasteiger partial charge < -0.3 is 5.32 Å². The molecule has 0 aliphatic rings. The third-order valence-electron chi connectivity index (χ3n) is 2.92. The Morgan fingerprint density at radius 1 is 1.30 bits per heavy atom. The van der Waals surface area contributed by atoms with E-state index in [2.05, 4.69) is 26.1 Å². The molecule has 1 N–H and O–H groups in total. The molecule has 0 bridgehead atoms. The van der Waals surface area contributed by atoms with Crippen LogP contribution in [0.2, 0.25) is 5.02 Å². The Morgan fingerprint density at radius 3 is 2.65 bits per heavy atom. The number of benzene rings is 1. The van der Waals surface area contributed by atoms with Crippen molar-refractivity contribution in [3.8, 4) is 0 Å². The van der Waals surface area contributed by atoms with Gasteiger partial charge in [0.1, 0.15) is 5.82 Å². The van der Waals surface area contributed by atoms with Crippen LogP contribution in [0.15, 0.2) is 18.2 Å². The van der Waals surface area contributed by atoms with Gasteiger partial charge in [0.15, 0.2) is 0 Å². The molecule has 0 heterocycles. The maximum absolute atomic E-state index is 13.2. The van der Waals surface area contributed by atoms with Gasteiger partial charge in [0.25, 0.3) is 0 Å². The first-order valence-corrected chi connectivity index (χ1v) is 8.81. The summed E-state index contributed by atoms with van der Waals surface area (Å²) in [5.74, 6) is 2.62. The molecule has 0 saturated heterocycles. The van der Waals surface area contributed by atoms with Crippen LogP contribution in [0.1, 0.15) is 32.8 Å². The standard InChI is InChI=1S/C16H25ClFNS/c1-4-7-19-14(11-20-10-12(2)3)8-13-5-6-16(18)15(17)9-13/h5-6,9,12,14,19H,4,7-8,10-11H2,1-3H3. The highest BCUT2D eigenvalue weighted by Gasteiger charge is 2.11. The average molecular weight is 318 g/mol. The Balaban J connectivity index is 2.55. The molecule has 20 heavy (non-hydrogen) atoms. The SMILES string of the molecule is CCCNC(CSCC(C)C)Cc1ccc(F)c(Cl)c1. The van der Waals surface area contributed by atoms with E-state index < -0.39 is 0 Å². The van der Waals surface area contributed by atoms with Gasteiger partial charge in [0, 0.05) is 11.8 Å². The van der Waals surface area contributed by atoms with Crippen LogP contribution in [0.25, 0.3) is 0 Å². The molecular weight excluding hydrogens is 293 g/mol. The monoisotopic (exact) mass is 317 g/mol. The molecule has 1 aromatic rings. The van der Waals surface area contributed by atoms with E-state index in [1.165, 1.54) is 11.8 Å². The predicted octanol–water partition coefficient (Wildman–Crippen LogP) is 4.78. The number of hydrogen-bond donors (Lipinski definition) is 1. The minimum Gasteiger partial charge on any atom is -0.313 e. The highest BCUT2D eigenvalue weighted by atomic mass is 35.5. The highest BCUT2D eigenvalue weighted by Crippen LogP contribution is 2.18. The second kappa shape index (κ2) is 9.64. The van der Waals surface area contributed by atoms with Crippen molar-refractivity contribution in [1.82, 2.24) is 5.32 Å². The van der Waals surface area contributed by atoms with E-state index in [9.17, 15) is 4.39 Å². The molecular formula is C16H25ClFNS. The summed E-state index contributed by atoms with van der Waals surface area (Å²) in [6, 6.07) is 5.44. The van der Waals surface area contributed by atoms with Gasteiger partial charge in [-0.25, -0.2) is 4.39 Å². The zero-order chi connectivity index (χ0) is 15.0. The summed E-state index contributed by atoms with van der Waals surface area (Å²) in [6.07, 6.45) is 2.01.